The van der Waals surface area contributed by atoms with E-state index in [0.717, 1.165) is 5.56 Å². The molecule has 10 heteroatoms. The number of benzene rings is 2. The fourth-order valence-electron chi connectivity index (χ4n) is 3.50. The number of aliphatic carboxylic acids is 2. The number of hydrogen-bond donors (Lipinski definition) is 3. The zero-order valence-corrected chi connectivity index (χ0v) is 20.4. The highest BCUT2D eigenvalue weighted by atomic mass is 32.1. The van der Waals surface area contributed by atoms with Gasteiger partial charge in [0.2, 0.25) is 0 Å². The van der Waals surface area contributed by atoms with Crippen LogP contribution in [0.1, 0.15) is 56.0 Å². The lowest BCUT2D eigenvalue weighted by Crippen LogP contribution is -2.12. The average Bonchev–Trinajstić information content (AvgIpc) is 3.49. The number of rotatable bonds is 7. The molecular weight excluding hydrogens is 488 g/mol. The molecule has 0 radical (unpaired) electrons. The average molecular weight is 515 g/mol. The highest BCUT2D eigenvalue weighted by molar-refractivity contribution is 7.11. The maximum absolute atomic E-state index is 11.6. The molecule has 3 aromatic rings. The molecule has 190 valence electrons. The van der Waals surface area contributed by atoms with Crippen molar-refractivity contribution in [2.24, 2.45) is 0 Å². The van der Waals surface area contributed by atoms with Gasteiger partial charge in [-0.1, -0.05) is 36.4 Å². The van der Waals surface area contributed by atoms with Crippen LogP contribution in [0, 0.1) is 0 Å². The second kappa shape index (κ2) is 13.8. The SMILES string of the molecule is COC(C(=O)O)c1ccccc1.COc1ccc2c(c1)C(CC(=O)O)CC2=O.O=C(O)c1cccs1. The van der Waals surface area contributed by atoms with E-state index in [0.29, 0.717) is 21.8 Å². The zero-order valence-electron chi connectivity index (χ0n) is 19.6. The summed E-state index contributed by atoms with van der Waals surface area (Å²) in [6.07, 6.45) is -0.577. The van der Waals surface area contributed by atoms with Crippen molar-refractivity contribution in [3.8, 4) is 5.75 Å². The van der Waals surface area contributed by atoms with Crippen molar-refractivity contribution in [2.75, 3.05) is 14.2 Å². The number of thiophene rings is 1. The molecule has 0 saturated heterocycles. The molecule has 0 spiro atoms. The molecule has 0 saturated carbocycles. The second-order valence-electron chi connectivity index (χ2n) is 7.52. The summed E-state index contributed by atoms with van der Waals surface area (Å²) in [4.78, 5) is 43.4. The van der Waals surface area contributed by atoms with Gasteiger partial charge in [-0.25, -0.2) is 9.59 Å². The monoisotopic (exact) mass is 514 g/mol. The molecular formula is C26H26O9S. The number of carboxylic acids is 3. The minimum absolute atomic E-state index is 0.00803. The van der Waals surface area contributed by atoms with Gasteiger partial charge in [0, 0.05) is 25.0 Å². The Morgan fingerprint density at radius 1 is 1.00 bits per heavy atom. The lowest BCUT2D eigenvalue weighted by atomic mass is 9.98. The molecule has 2 unspecified atom stereocenters. The predicted octanol–water partition coefficient (Wildman–Crippen LogP) is 4.74. The molecule has 1 aromatic heterocycles. The maximum Gasteiger partial charge on any atom is 0.345 e. The third-order valence-electron chi connectivity index (χ3n) is 5.15. The molecule has 0 fully saturated rings. The first-order valence-electron chi connectivity index (χ1n) is 10.7. The van der Waals surface area contributed by atoms with E-state index in [-0.39, 0.29) is 24.5 Å². The predicted molar refractivity (Wildman–Crippen MR) is 132 cm³/mol. The largest absolute Gasteiger partial charge is 0.497 e. The number of carbonyl (C=O) groups excluding carboxylic acids is 1. The second-order valence-corrected chi connectivity index (χ2v) is 8.47. The first kappa shape index (κ1) is 28.2. The third-order valence-corrected chi connectivity index (χ3v) is 6.00. The van der Waals surface area contributed by atoms with Crippen molar-refractivity contribution in [1.82, 2.24) is 0 Å². The van der Waals surface area contributed by atoms with Crippen LogP contribution in [0.4, 0.5) is 0 Å². The molecule has 1 heterocycles. The van der Waals surface area contributed by atoms with E-state index >= 15 is 0 Å². The maximum atomic E-state index is 11.6. The molecule has 2 atom stereocenters. The molecule has 3 N–H and O–H groups in total. The van der Waals surface area contributed by atoms with Crippen molar-refractivity contribution < 1.29 is 44.0 Å². The topological polar surface area (TPSA) is 147 Å². The van der Waals surface area contributed by atoms with Gasteiger partial charge in [0.05, 0.1) is 13.5 Å². The van der Waals surface area contributed by atoms with Crippen LogP contribution in [0.15, 0.2) is 66.0 Å². The summed E-state index contributed by atoms with van der Waals surface area (Å²) in [7, 11) is 2.93. The van der Waals surface area contributed by atoms with Crippen LogP contribution in [-0.4, -0.2) is 53.2 Å². The third kappa shape index (κ3) is 8.03. The van der Waals surface area contributed by atoms with Crippen LogP contribution in [0.25, 0.3) is 0 Å². The van der Waals surface area contributed by atoms with Crippen molar-refractivity contribution in [2.45, 2.75) is 24.9 Å². The van der Waals surface area contributed by atoms with Gasteiger partial charge in [-0.15, -0.1) is 11.3 Å². The van der Waals surface area contributed by atoms with E-state index in [9.17, 15) is 19.2 Å². The number of carbonyl (C=O) groups is 4. The molecule has 0 aliphatic heterocycles. The number of fused-ring (bicyclic) bond motifs is 1. The molecule has 0 amide bonds. The van der Waals surface area contributed by atoms with Gasteiger partial charge in [-0.2, -0.15) is 0 Å². The van der Waals surface area contributed by atoms with Crippen LogP contribution in [0.3, 0.4) is 0 Å². The van der Waals surface area contributed by atoms with Crippen molar-refractivity contribution >= 4 is 35.0 Å². The van der Waals surface area contributed by atoms with Crippen LogP contribution in [0.2, 0.25) is 0 Å². The highest BCUT2D eigenvalue weighted by Gasteiger charge is 2.31. The molecule has 9 nitrogen and oxygen atoms in total. The van der Waals surface area contributed by atoms with Gasteiger partial charge in [0.25, 0.3) is 0 Å². The lowest BCUT2D eigenvalue weighted by molar-refractivity contribution is -0.149. The fourth-order valence-corrected chi connectivity index (χ4v) is 4.07. The molecule has 36 heavy (non-hydrogen) atoms. The Bertz CT molecular complexity index is 1170. The fraction of sp³-hybridized carbons (Fsp3) is 0.231. The quantitative estimate of drug-likeness (QED) is 0.406. The van der Waals surface area contributed by atoms with E-state index in [1.165, 1.54) is 18.4 Å². The molecule has 1 aliphatic rings. The summed E-state index contributed by atoms with van der Waals surface area (Å²) in [5.74, 6) is -2.24. The first-order chi connectivity index (χ1) is 17.2. The van der Waals surface area contributed by atoms with Gasteiger partial charge < -0.3 is 24.8 Å². The van der Waals surface area contributed by atoms with E-state index in [1.807, 2.05) is 6.07 Å². The van der Waals surface area contributed by atoms with Crippen LogP contribution >= 0.6 is 11.3 Å². The summed E-state index contributed by atoms with van der Waals surface area (Å²) in [5.41, 5.74) is 2.09. The Hall–Kier alpha value is -4.02. The van der Waals surface area contributed by atoms with Gasteiger partial charge >= 0.3 is 17.9 Å². The van der Waals surface area contributed by atoms with E-state index in [4.69, 9.17) is 24.8 Å². The number of Topliss-reactive ketones (excluding diaryl/α,β-unsaturated/α-hetero) is 1. The number of methoxy groups -OCH3 is 2. The first-order valence-corrected chi connectivity index (χ1v) is 11.6. The summed E-state index contributed by atoms with van der Waals surface area (Å²) in [6.45, 7) is 0. The van der Waals surface area contributed by atoms with E-state index < -0.39 is 24.0 Å². The normalized spacial score (nSPS) is 14.3. The Labute approximate surface area is 211 Å². The number of hydrogen-bond acceptors (Lipinski definition) is 7. The van der Waals surface area contributed by atoms with Gasteiger partial charge in [0.15, 0.2) is 11.9 Å². The molecule has 0 bridgehead atoms. The Morgan fingerprint density at radius 2 is 1.69 bits per heavy atom. The number of ether oxygens (including phenoxy) is 2. The number of aromatic carboxylic acids is 1. The molecule has 2 aromatic carbocycles. The zero-order chi connectivity index (χ0) is 26.7. The van der Waals surface area contributed by atoms with Gasteiger partial charge in [0.1, 0.15) is 10.6 Å². The summed E-state index contributed by atoms with van der Waals surface area (Å²) < 4.78 is 9.87. The molecule has 4 rings (SSSR count). The summed E-state index contributed by atoms with van der Waals surface area (Å²) in [6, 6.07) is 17.3. The Kier molecular flexibility index (Phi) is 10.8. The Morgan fingerprint density at radius 3 is 2.17 bits per heavy atom. The Balaban J connectivity index is 0.000000202. The van der Waals surface area contributed by atoms with Gasteiger partial charge in [-0.3, -0.25) is 9.59 Å². The minimum Gasteiger partial charge on any atom is -0.497 e. The standard InChI is InChI=1S/C12H12O4.C9H10O3.C5H4O2S/c1-16-8-2-3-9-10(6-8)7(4-11(9)13)5-12(14)15;1-12-8(9(10)11)7-5-3-2-4-6-7;6-5(7)4-2-1-3-8-4/h2-3,6-7H,4-5H2,1H3,(H,14,15);2-6,8H,1H3,(H,10,11);1-3H,(H,6,7). The minimum atomic E-state index is -0.969. The lowest BCUT2D eigenvalue weighted by Gasteiger charge is -2.09. The van der Waals surface area contributed by atoms with Crippen molar-refractivity contribution in [1.29, 1.82) is 0 Å². The van der Waals surface area contributed by atoms with Gasteiger partial charge in [-0.05, 0) is 40.8 Å². The van der Waals surface area contributed by atoms with Crippen molar-refractivity contribution in [3.63, 3.8) is 0 Å². The highest BCUT2D eigenvalue weighted by Crippen LogP contribution is 2.37. The number of ketones is 1. The van der Waals surface area contributed by atoms with E-state index in [2.05, 4.69) is 0 Å². The molecule has 1 aliphatic carbocycles. The number of carboxylic acid groups (broad SMARTS) is 3. The van der Waals surface area contributed by atoms with Crippen LogP contribution in [0.5, 0.6) is 5.75 Å². The summed E-state index contributed by atoms with van der Waals surface area (Å²) >= 11 is 1.23. The smallest absolute Gasteiger partial charge is 0.345 e. The van der Waals surface area contributed by atoms with Crippen LogP contribution in [-0.2, 0) is 14.3 Å². The van der Waals surface area contributed by atoms with Crippen molar-refractivity contribution in [3.05, 3.63) is 87.6 Å². The summed E-state index contributed by atoms with van der Waals surface area (Å²) in [5, 5.41) is 27.5. The van der Waals surface area contributed by atoms with E-state index in [1.54, 1.807) is 67.1 Å². The van der Waals surface area contributed by atoms with Crippen LogP contribution < -0.4 is 4.74 Å².